The summed E-state index contributed by atoms with van der Waals surface area (Å²) in [5.41, 5.74) is 10.7. The van der Waals surface area contributed by atoms with Gasteiger partial charge >= 0.3 is 0 Å². The van der Waals surface area contributed by atoms with Gasteiger partial charge in [-0.15, -0.1) is 12.6 Å². The largest absolute Gasteiger partial charge is 0.383 e. The molecular formula is C17H19N3S. The molecule has 108 valence electrons. The van der Waals surface area contributed by atoms with Gasteiger partial charge in [-0.3, -0.25) is 0 Å². The minimum absolute atomic E-state index is 0.504. The van der Waals surface area contributed by atoms with E-state index in [0.29, 0.717) is 5.84 Å². The van der Waals surface area contributed by atoms with Crippen molar-refractivity contribution in [1.29, 1.82) is 0 Å². The highest BCUT2D eigenvalue weighted by atomic mass is 32.1. The molecule has 0 aliphatic carbocycles. The Labute approximate surface area is 130 Å². The second kappa shape index (κ2) is 5.92. The molecule has 0 saturated heterocycles. The molecule has 1 aliphatic heterocycles. The highest BCUT2D eigenvalue weighted by molar-refractivity contribution is 7.80. The third-order valence-electron chi connectivity index (χ3n) is 3.82. The van der Waals surface area contributed by atoms with Crippen LogP contribution in [0.2, 0.25) is 0 Å². The highest BCUT2D eigenvalue weighted by Gasteiger charge is 2.13. The molecule has 0 aromatic heterocycles. The van der Waals surface area contributed by atoms with Crippen LogP contribution in [0.15, 0.2) is 52.4 Å². The summed E-state index contributed by atoms with van der Waals surface area (Å²) in [6.07, 6.45) is 1.10. The van der Waals surface area contributed by atoms with Crippen molar-refractivity contribution in [1.82, 2.24) is 4.90 Å². The van der Waals surface area contributed by atoms with Gasteiger partial charge in [0, 0.05) is 23.5 Å². The van der Waals surface area contributed by atoms with E-state index in [1.165, 1.54) is 11.1 Å². The van der Waals surface area contributed by atoms with Gasteiger partial charge in [0.2, 0.25) is 0 Å². The molecule has 4 heteroatoms. The second-order valence-electron chi connectivity index (χ2n) is 5.45. The Morgan fingerprint density at radius 1 is 1.19 bits per heavy atom. The number of rotatable bonds is 2. The van der Waals surface area contributed by atoms with E-state index in [4.69, 9.17) is 5.73 Å². The summed E-state index contributed by atoms with van der Waals surface area (Å²) < 4.78 is 0. The van der Waals surface area contributed by atoms with E-state index < -0.39 is 0 Å². The van der Waals surface area contributed by atoms with Gasteiger partial charge in [-0.2, -0.15) is 0 Å². The molecule has 0 saturated carbocycles. The maximum Gasteiger partial charge on any atom is 0.132 e. The lowest BCUT2D eigenvalue weighted by Crippen LogP contribution is -2.26. The Balaban J connectivity index is 1.93. The molecule has 3 nitrogen and oxygen atoms in total. The Kier molecular flexibility index (Phi) is 3.99. The topological polar surface area (TPSA) is 41.6 Å². The second-order valence-corrected chi connectivity index (χ2v) is 5.94. The number of fused-ring (bicyclic) bond motifs is 1. The lowest BCUT2D eigenvalue weighted by molar-refractivity contribution is 0.313. The summed E-state index contributed by atoms with van der Waals surface area (Å²) in [6, 6.07) is 14.1. The number of benzene rings is 2. The minimum Gasteiger partial charge on any atom is -0.383 e. The number of aliphatic imine (C=N–C) groups is 1. The summed E-state index contributed by atoms with van der Waals surface area (Å²) in [6.45, 7) is 2.09. The van der Waals surface area contributed by atoms with Crippen LogP contribution in [0.5, 0.6) is 0 Å². The number of amidine groups is 1. The molecule has 2 aromatic carbocycles. The van der Waals surface area contributed by atoms with E-state index >= 15 is 0 Å². The van der Waals surface area contributed by atoms with Gasteiger partial charge in [-0.25, -0.2) is 4.99 Å². The number of likely N-dealkylation sites (N-methyl/N-ethyl adjacent to an activating group) is 1. The maximum absolute atomic E-state index is 6.12. The van der Waals surface area contributed by atoms with Gasteiger partial charge in [-0.05, 0) is 42.8 Å². The predicted octanol–water partition coefficient (Wildman–Crippen LogP) is 3.00. The van der Waals surface area contributed by atoms with Crippen LogP contribution in [0.25, 0.3) is 0 Å². The van der Waals surface area contributed by atoms with Crippen molar-refractivity contribution in [2.24, 2.45) is 10.7 Å². The molecule has 0 unspecified atom stereocenters. The van der Waals surface area contributed by atoms with Gasteiger partial charge in [0.1, 0.15) is 5.84 Å². The van der Waals surface area contributed by atoms with Gasteiger partial charge < -0.3 is 10.6 Å². The fraction of sp³-hybridized carbons (Fsp3) is 0.235. The van der Waals surface area contributed by atoms with E-state index in [1.807, 2.05) is 30.3 Å². The molecular weight excluding hydrogens is 278 g/mol. The van der Waals surface area contributed by atoms with E-state index in [9.17, 15) is 0 Å². The molecule has 0 amide bonds. The van der Waals surface area contributed by atoms with Crippen molar-refractivity contribution in [2.45, 2.75) is 17.9 Å². The molecule has 2 N–H and O–H groups in total. The Morgan fingerprint density at radius 2 is 2.00 bits per heavy atom. The van der Waals surface area contributed by atoms with Crippen LogP contribution < -0.4 is 5.73 Å². The fourth-order valence-corrected chi connectivity index (χ4v) is 2.92. The van der Waals surface area contributed by atoms with Crippen molar-refractivity contribution >= 4 is 24.2 Å². The molecule has 21 heavy (non-hydrogen) atoms. The number of nitrogens with two attached hydrogens (primary N) is 1. The Bertz CT molecular complexity index is 694. The first-order chi connectivity index (χ1) is 10.1. The van der Waals surface area contributed by atoms with Crippen molar-refractivity contribution in [3.8, 4) is 0 Å². The molecule has 0 radical (unpaired) electrons. The van der Waals surface area contributed by atoms with E-state index in [0.717, 1.165) is 35.7 Å². The third kappa shape index (κ3) is 3.12. The summed E-state index contributed by atoms with van der Waals surface area (Å²) in [5.74, 6) is 0.504. The normalized spacial score (nSPS) is 15.8. The number of thiol groups is 1. The van der Waals surface area contributed by atoms with Crippen LogP contribution in [0, 0.1) is 0 Å². The van der Waals surface area contributed by atoms with Crippen LogP contribution in [-0.4, -0.2) is 24.3 Å². The summed E-state index contributed by atoms with van der Waals surface area (Å²) >= 11 is 4.43. The lowest BCUT2D eigenvalue weighted by atomic mass is 9.99. The first-order valence-corrected chi connectivity index (χ1v) is 7.51. The lowest BCUT2D eigenvalue weighted by Gasteiger charge is -2.25. The quantitative estimate of drug-likeness (QED) is 0.508. The molecule has 0 spiro atoms. The van der Waals surface area contributed by atoms with Crippen molar-refractivity contribution in [3.63, 3.8) is 0 Å². The number of hydrogen-bond donors (Lipinski definition) is 2. The third-order valence-corrected chi connectivity index (χ3v) is 4.21. The molecule has 1 aliphatic rings. The molecule has 1 heterocycles. The van der Waals surface area contributed by atoms with Crippen LogP contribution in [-0.2, 0) is 13.0 Å². The SMILES string of the molecule is CN1CCc2ccc(N=C(N)c3ccccc3S)cc2C1. The van der Waals surface area contributed by atoms with E-state index in [1.54, 1.807) is 0 Å². The van der Waals surface area contributed by atoms with Crippen molar-refractivity contribution < 1.29 is 0 Å². The monoisotopic (exact) mass is 297 g/mol. The van der Waals surface area contributed by atoms with Crippen molar-refractivity contribution in [2.75, 3.05) is 13.6 Å². The van der Waals surface area contributed by atoms with Crippen molar-refractivity contribution in [3.05, 3.63) is 59.2 Å². The molecule has 0 atom stereocenters. The van der Waals surface area contributed by atoms with Gasteiger partial charge in [0.05, 0.1) is 5.69 Å². The fourth-order valence-electron chi connectivity index (χ4n) is 2.64. The van der Waals surface area contributed by atoms with E-state index in [2.05, 4.69) is 41.7 Å². The zero-order valence-corrected chi connectivity index (χ0v) is 13.0. The Hall–Kier alpha value is -1.78. The van der Waals surface area contributed by atoms with E-state index in [-0.39, 0.29) is 0 Å². The Morgan fingerprint density at radius 3 is 2.81 bits per heavy atom. The van der Waals surface area contributed by atoms with Crippen LogP contribution in [0.1, 0.15) is 16.7 Å². The first kappa shape index (κ1) is 14.2. The van der Waals surface area contributed by atoms with Crippen LogP contribution in [0.3, 0.4) is 0 Å². The average molecular weight is 297 g/mol. The van der Waals surface area contributed by atoms with Gasteiger partial charge in [0.25, 0.3) is 0 Å². The zero-order chi connectivity index (χ0) is 14.8. The standard InChI is InChI=1S/C17H19N3S/c1-20-9-8-12-6-7-14(10-13(12)11-20)19-17(18)15-4-2-3-5-16(15)21/h2-7,10,21H,8-9,11H2,1H3,(H2,18,19). The molecule has 0 bridgehead atoms. The average Bonchev–Trinajstić information content (AvgIpc) is 2.47. The zero-order valence-electron chi connectivity index (χ0n) is 12.1. The number of hydrogen-bond acceptors (Lipinski definition) is 3. The minimum atomic E-state index is 0.504. The predicted molar refractivity (Wildman–Crippen MR) is 90.6 cm³/mol. The van der Waals surface area contributed by atoms with Gasteiger partial charge in [-0.1, -0.05) is 24.3 Å². The molecule has 3 rings (SSSR count). The van der Waals surface area contributed by atoms with Crippen LogP contribution >= 0.6 is 12.6 Å². The smallest absolute Gasteiger partial charge is 0.132 e. The maximum atomic E-state index is 6.12. The number of nitrogens with zero attached hydrogens (tertiary/aromatic N) is 2. The molecule has 2 aromatic rings. The van der Waals surface area contributed by atoms with Crippen LogP contribution in [0.4, 0.5) is 5.69 Å². The first-order valence-electron chi connectivity index (χ1n) is 7.06. The summed E-state index contributed by atoms with van der Waals surface area (Å²) in [7, 11) is 2.14. The molecule has 0 fully saturated rings. The summed E-state index contributed by atoms with van der Waals surface area (Å²) in [4.78, 5) is 7.72. The summed E-state index contributed by atoms with van der Waals surface area (Å²) in [5, 5.41) is 0. The highest BCUT2D eigenvalue weighted by Crippen LogP contribution is 2.24. The van der Waals surface area contributed by atoms with Gasteiger partial charge in [0.15, 0.2) is 0 Å².